The second-order valence-corrected chi connectivity index (χ2v) is 6.42. The van der Waals surface area contributed by atoms with Gasteiger partial charge in [0.25, 0.3) is 0 Å². The number of carbonyl (C=O) groups excluding carboxylic acids is 1. The molecule has 0 aromatic rings. The largest absolute Gasteiger partial charge is 0.392 e. The summed E-state index contributed by atoms with van der Waals surface area (Å²) in [5, 5.41) is 3.00. The van der Waals surface area contributed by atoms with E-state index in [-0.39, 0.29) is 5.91 Å². The minimum atomic E-state index is -0.560. The van der Waals surface area contributed by atoms with Gasteiger partial charge in [0.05, 0.1) is 10.4 Å². The molecule has 0 heterocycles. The van der Waals surface area contributed by atoms with E-state index in [1.54, 1.807) is 0 Å². The number of carbonyl (C=O) groups is 1. The lowest BCUT2D eigenvalue weighted by atomic mass is 9.68. The standard InChI is InChI=1S/C14H27N3OS/c1-10(2)17(11(3)4)9-8-16-13(18)14(12(15)19)6-5-7-14/h10-11H,5-9H2,1-4H3,(H2,15,19)(H,16,18). The van der Waals surface area contributed by atoms with Gasteiger partial charge in [0, 0.05) is 25.2 Å². The molecule has 0 spiro atoms. The minimum absolute atomic E-state index is 0.0127. The smallest absolute Gasteiger partial charge is 0.233 e. The van der Waals surface area contributed by atoms with Crippen LogP contribution in [0.5, 0.6) is 0 Å². The Morgan fingerprint density at radius 2 is 1.84 bits per heavy atom. The Morgan fingerprint density at radius 1 is 1.32 bits per heavy atom. The summed E-state index contributed by atoms with van der Waals surface area (Å²) >= 11 is 5.05. The van der Waals surface area contributed by atoms with Crippen LogP contribution in [0.25, 0.3) is 0 Å². The molecule has 1 saturated carbocycles. The van der Waals surface area contributed by atoms with Crippen LogP contribution in [-0.2, 0) is 4.79 Å². The molecule has 1 fully saturated rings. The van der Waals surface area contributed by atoms with Crippen molar-refractivity contribution in [1.29, 1.82) is 0 Å². The van der Waals surface area contributed by atoms with Gasteiger partial charge in [0.1, 0.15) is 0 Å². The molecule has 1 aliphatic carbocycles. The zero-order valence-corrected chi connectivity index (χ0v) is 13.3. The van der Waals surface area contributed by atoms with E-state index in [0.717, 1.165) is 25.8 Å². The van der Waals surface area contributed by atoms with Crippen LogP contribution in [0.4, 0.5) is 0 Å². The van der Waals surface area contributed by atoms with Crippen LogP contribution in [0.2, 0.25) is 0 Å². The van der Waals surface area contributed by atoms with Crippen molar-refractivity contribution in [3.8, 4) is 0 Å². The number of amides is 1. The fraction of sp³-hybridized carbons (Fsp3) is 0.857. The van der Waals surface area contributed by atoms with E-state index < -0.39 is 5.41 Å². The summed E-state index contributed by atoms with van der Waals surface area (Å²) in [7, 11) is 0. The maximum atomic E-state index is 12.2. The molecule has 0 unspecified atom stereocenters. The first kappa shape index (κ1) is 16.4. The van der Waals surface area contributed by atoms with E-state index in [1.165, 1.54) is 0 Å². The van der Waals surface area contributed by atoms with E-state index in [1.807, 2.05) is 0 Å². The predicted molar refractivity (Wildman–Crippen MR) is 83.1 cm³/mol. The Bertz CT molecular complexity index is 330. The number of nitrogens with one attached hydrogen (secondary N) is 1. The summed E-state index contributed by atoms with van der Waals surface area (Å²) in [5.41, 5.74) is 5.16. The van der Waals surface area contributed by atoms with Gasteiger partial charge in [-0.2, -0.15) is 0 Å². The molecule has 0 bridgehead atoms. The number of hydrogen-bond acceptors (Lipinski definition) is 3. The summed E-state index contributed by atoms with van der Waals surface area (Å²) in [5.74, 6) is 0.0127. The summed E-state index contributed by atoms with van der Waals surface area (Å²) in [4.78, 5) is 14.9. The Labute approximate surface area is 122 Å². The average Bonchev–Trinajstić information content (AvgIpc) is 2.20. The number of nitrogens with zero attached hydrogens (tertiary/aromatic N) is 1. The molecule has 0 aromatic carbocycles. The molecule has 1 aliphatic rings. The first-order valence-corrected chi connectivity index (χ1v) is 7.56. The maximum absolute atomic E-state index is 12.2. The van der Waals surface area contributed by atoms with Crippen molar-refractivity contribution in [2.24, 2.45) is 11.1 Å². The molecule has 0 saturated heterocycles. The van der Waals surface area contributed by atoms with E-state index in [0.29, 0.717) is 23.6 Å². The average molecular weight is 285 g/mol. The molecule has 1 amide bonds. The second kappa shape index (κ2) is 6.66. The highest BCUT2D eigenvalue weighted by Gasteiger charge is 2.46. The van der Waals surface area contributed by atoms with E-state index in [4.69, 9.17) is 18.0 Å². The number of hydrogen-bond donors (Lipinski definition) is 2. The van der Waals surface area contributed by atoms with Crippen molar-refractivity contribution in [3.05, 3.63) is 0 Å². The summed E-state index contributed by atoms with van der Waals surface area (Å²) in [6.07, 6.45) is 2.63. The van der Waals surface area contributed by atoms with Crippen LogP contribution in [0.1, 0.15) is 47.0 Å². The molecule has 19 heavy (non-hydrogen) atoms. The lowest BCUT2D eigenvalue weighted by Crippen LogP contribution is -2.54. The van der Waals surface area contributed by atoms with Crippen molar-refractivity contribution in [2.75, 3.05) is 13.1 Å². The first-order chi connectivity index (χ1) is 8.81. The third-order valence-electron chi connectivity index (χ3n) is 4.10. The minimum Gasteiger partial charge on any atom is -0.392 e. The molecule has 0 aliphatic heterocycles. The van der Waals surface area contributed by atoms with Gasteiger partial charge in [-0.3, -0.25) is 9.69 Å². The monoisotopic (exact) mass is 285 g/mol. The van der Waals surface area contributed by atoms with Crippen LogP contribution < -0.4 is 11.1 Å². The normalized spacial score (nSPS) is 17.6. The molecular weight excluding hydrogens is 258 g/mol. The lowest BCUT2D eigenvalue weighted by Gasteiger charge is -2.39. The van der Waals surface area contributed by atoms with E-state index in [2.05, 4.69) is 37.9 Å². The summed E-state index contributed by atoms with van der Waals surface area (Å²) < 4.78 is 0. The Hall–Kier alpha value is -0.680. The molecule has 110 valence electrons. The van der Waals surface area contributed by atoms with Gasteiger partial charge >= 0.3 is 0 Å². The zero-order chi connectivity index (χ0) is 14.6. The van der Waals surface area contributed by atoms with Gasteiger partial charge in [-0.25, -0.2) is 0 Å². The molecule has 3 N–H and O–H groups in total. The van der Waals surface area contributed by atoms with Gasteiger partial charge < -0.3 is 11.1 Å². The van der Waals surface area contributed by atoms with Gasteiger partial charge in [0.2, 0.25) is 5.91 Å². The summed E-state index contributed by atoms with van der Waals surface area (Å²) in [6.45, 7) is 10.2. The van der Waals surface area contributed by atoms with Crippen molar-refractivity contribution in [1.82, 2.24) is 10.2 Å². The third kappa shape index (κ3) is 3.66. The Kier molecular flexibility index (Phi) is 5.74. The van der Waals surface area contributed by atoms with E-state index in [9.17, 15) is 4.79 Å². The maximum Gasteiger partial charge on any atom is 0.233 e. The van der Waals surface area contributed by atoms with Gasteiger partial charge in [-0.05, 0) is 40.5 Å². The fourth-order valence-corrected chi connectivity index (χ4v) is 2.99. The molecule has 0 atom stereocenters. The van der Waals surface area contributed by atoms with Crippen molar-refractivity contribution >= 4 is 23.1 Å². The Morgan fingerprint density at radius 3 is 2.16 bits per heavy atom. The Balaban J connectivity index is 2.44. The van der Waals surface area contributed by atoms with Crippen LogP contribution >= 0.6 is 12.2 Å². The quantitative estimate of drug-likeness (QED) is 0.699. The highest BCUT2D eigenvalue weighted by molar-refractivity contribution is 7.80. The number of nitrogens with two attached hydrogens (primary N) is 1. The SMILES string of the molecule is CC(C)N(CCNC(=O)C1(C(N)=S)CCC1)C(C)C. The van der Waals surface area contributed by atoms with Crippen LogP contribution in [0, 0.1) is 5.41 Å². The highest BCUT2D eigenvalue weighted by atomic mass is 32.1. The van der Waals surface area contributed by atoms with Gasteiger partial charge in [-0.1, -0.05) is 18.6 Å². The predicted octanol–water partition coefficient (Wildman–Crippen LogP) is 1.68. The van der Waals surface area contributed by atoms with Crippen molar-refractivity contribution < 1.29 is 4.79 Å². The van der Waals surface area contributed by atoms with Crippen LogP contribution in [-0.4, -0.2) is 41.0 Å². The topological polar surface area (TPSA) is 58.4 Å². The summed E-state index contributed by atoms with van der Waals surface area (Å²) in [6, 6.07) is 0.954. The van der Waals surface area contributed by atoms with Gasteiger partial charge in [-0.15, -0.1) is 0 Å². The first-order valence-electron chi connectivity index (χ1n) is 7.15. The number of rotatable bonds is 7. The second-order valence-electron chi connectivity index (χ2n) is 5.98. The zero-order valence-electron chi connectivity index (χ0n) is 12.5. The molecular formula is C14H27N3OS. The lowest BCUT2D eigenvalue weighted by molar-refractivity contribution is -0.130. The molecule has 1 rings (SSSR count). The van der Waals surface area contributed by atoms with E-state index >= 15 is 0 Å². The van der Waals surface area contributed by atoms with Crippen LogP contribution in [0.3, 0.4) is 0 Å². The molecule has 0 radical (unpaired) electrons. The molecule has 0 aromatic heterocycles. The highest BCUT2D eigenvalue weighted by Crippen LogP contribution is 2.41. The fourth-order valence-electron chi connectivity index (χ4n) is 2.70. The molecule has 4 nitrogen and oxygen atoms in total. The van der Waals surface area contributed by atoms with Crippen LogP contribution in [0.15, 0.2) is 0 Å². The van der Waals surface area contributed by atoms with Crippen molar-refractivity contribution in [2.45, 2.75) is 59.0 Å². The number of thiocarbonyl (C=S) groups is 1. The molecule has 5 heteroatoms. The van der Waals surface area contributed by atoms with Gasteiger partial charge in [0.15, 0.2) is 0 Å². The van der Waals surface area contributed by atoms with Crippen molar-refractivity contribution in [3.63, 3.8) is 0 Å². The third-order valence-corrected chi connectivity index (χ3v) is 4.49.